The van der Waals surface area contributed by atoms with Crippen LogP contribution in [0.15, 0.2) is 17.4 Å². The van der Waals surface area contributed by atoms with Gasteiger partial charge in [0.15, 0.2) is 23.2 Å². The number of hydrogen-bond acceptors (Lipinski definition) is 7. The highest BCUT2D eigenvalue weighted by molar-refractivity contribution is 5.68. The van der Waals surface area contributed by atoms with Gasteiger partial charge < -0.3 is 24.3 Å². The summed E-state index contributed by atoms with van der Waals surface area (Å²) in [6.07, 6.45) is 0.937. The Morgan fingerprint density at radius 1 is 1.36 bits per heavy atom. The number of hydrogen-bond donors (Lipinski definition) is 2. The lowest BCUT2D eigenvalue weighted by molar-refractivity contribution is -0.199. The molecule has 2 N–H and O–H groups in total. The Bertz CT molecular complexity index is 769. The Morgan fingerprint density at radius 2 is 2.14 bits per heavy atom. The fourth-order valence-electron chi connectivity index (χ4n) is 3.08. The van der Waals surface area contributed by atoms with Gasteiger partial charge in [0.1, 0.15) is 18.3 Å². The number of ether oxygens (including phenoxy) is 3. The van der Waals surface area contributed by atoms with Crippen LogP contribution >= 0.6 is 0 Å². The molecule has 4 rings (SSSR count). The maximum absolute atomic E-state index is 11.8. The van der Waals surface area contributed by atoms with Crippen molar-refractivity contribution in [1.29, 1.82) is 0 Å². The standard InChI is InChI=1S/C13H16N4O5/c1-13(2)21-8-6(3-18)20-12(9(8)22-13)17-5-16-7-10(17)14-4-15-11(7)19/h4-6,8-9,12,18H,3H2,1-2H3,(H,14,15,19)/t6-,8-,9-,12+/m1/s1. The molecule has 0 aromatic carbocycles. The number of nitrogens with zero attached hydrogens (tertiary/aromatic N) is 3. The lowest BCUT2D eigenvalue weighted by Crippen LogP contribution is -2.31. The number of H-pyrrole nitrogens is 1. The van der Waals surface area contributed by atoms with Gasteiger partial charge in [-0.2, -0.15) is 0 Å². The van der Waals surface area contributed by atoms with Gasteiger partial charge in [-0.3, -0.25) is 9.36 Å². The summed E-state index contributed by atoms with van der Waals surface area (Å²) >= 11 is 0. The molecule has 0 saturated carbocycles. The van der Waals surface area contributed by atoms with Crippen molar-refractivity contribution in [1.82, 2.24) is 19.5 Å². The molecule has 2 aromatic rings. The number of rotatable bonds is 2. The van der Waals surface area contributed by atoms with Gasteiger partial charge in [0.25, 0.3) is 5.56 Å². The highest BCUT2D eigenvalue weighted by Crippen LogP contribution is 2.43. The summed E-state index contributed by atoms with van der Waals surface area (Å²) in [5, 5.41) is 9.50. The van der Waals surface area contributed by atoms with Crippen molar-refractivity contribution >= 4 is 11.2 Å². The molecule has 4 heterocycles. The van der Waals surface area contributed by atoms with Gasteiger partial charge in [-0.1, -0.05) is 0 Å². The number of aromatic amines is 1. The highest BCUT2D eigenvalue weighted by atomic mass is 16.8. The highest BCUT2D eigenvalue weighted by Gasteiger charge is 2.55. The third-order valence-electron chi connectivity index (χ3n) is 3.94. The molecular formula is C13H16N4O5. The lowest BCUT2D eigenvalue weighted by atomic mass is 10.1. The second kappa shape index (κ2) is 4.59. The number of aliphatic hydroxyl groups excluding tert-OH is 1. The summed E-state index contributed by atoms with van der Waals surface area (Å²) in [6.45, 7) is 3.44. The van der Waals surface area contributed by atoms with Crippen molar-refractivity contribution in [2.24, 2.45) is 0 Å². The number of fused-ring (bicyclic) bond motifs is 2. The molecule has 9 heteroatoms. The minimum Gasteiger partial charge on any atom is -0.394 e. The van der Waals surface area contributed by atoms with E-state index in [0.717, 1.165) is 0 Å². The molecular weight excluding hydrogens is 292 g/mol. The summed E-state index contributed by atoms with van der Waals surface area (Å²) in [7, 11) is 0. The van der Waals surface area contributed by atoms with Crippen molar-refractivity contribution in [2.75, 3.05) is 6.61 Å². The monoisotopic (exact) mass is 308 g/mol. The van der Waals surface area contributed by atoms with Crippen LogP contribution < -0.4 is 5.56 Å². The van der Waals surface area contributed by atoms with E-state index in [1.54, 1.807) is 4.57 Å². The van der Waals surface area contributed by atoms with Crippen molar-refractivity contribution in [2.45, 2.75) is 44.2 Å². The van der Waals surface area contributed by atoms with Crippen LogP contribution in [0.25, 0.3) is 11.2 Å². The van der Waals surface area contributed by atoms with E-state index in [4.69, 9.17) is 14.2 Å². The first kappa shape index (κ1) is 13.8. The van der Waals surface area contributed by atoms with Crippen molar-refractivity contribution in [3.05, 3.63) is 23.0 Å². The van der Waals surface area contributed by atoms with Gasteiger partial charge in [0.2, 0.25) is 0 Å². The Balaban J connectivity index is 1.78. The third-order valence-corrected chi connectivity index (χ3v) is 3.94. The van der Waals surface area contributed by atoms with Gasteiger partial charge in [-0.15, -0.1) is 0 Å². The Hall–Kier alpha value is -1.81. The van der Waals surface area contributed by atoms with E-state index in [1.165, 1.54) is 12.7 Å². The van der Waals surface area contributed by atoms with Gasteiger partial charge in [0.05, 0.1) is 19.3 Å². The number of imidazole rings is 1. The molecule has 0 unspecified atom stereocenters. The zero-order valence-electron chi connectivity index (χ0n) is 12.1. The van der Waals surface area contributed by atoms with E-state index in [1.807, 2.05) is 13.8 Å². The fraction of sp³-hybridized carbons (Fsp3) is 0.615. The van der Waals surface area contributed by atoms with Gasteiger partial charge in [-0.25, -0.2) is 9.97 Å². The lowest BCUT2D eigenvalue weighted by Gasteiger charge is -2.24. The topological polar surface area (TPSA) is 111 Å². The van der Waals surface area contributed by atoms with Crippen LogP contribution in [-0.4, -0.2) is 55.3 Å². The molecule has 2 aromatic heterocycles. The number of nitrogens with one attached hydrogen (secondary N) is 1. The summed E-state index contributed by atoms with van der Waals surface area (Å²) in [5.74, 6) is -0.758. The van der Waals surface area contributed by atoms with E-state index >= 15 is 0 Å². The predicted molar refractivity (Wildman–Crippen MR) is 73.0 cm³/mol. The molecule has 0 amide bonds. The van der Waals surface area contributed by atoms with Crippen molar-refractivity contribution in [3.8, 4) is 0 Å². The van der Waals surface area contributed by atoms with Gasteiger partial charge in [-0.05, 0) is 13.8 Å². The van der Waals surface area contributed by atoms with Crippen molar-refractivity contribution in [3.63, 3.8) is 0 Å². The van der Waals surface area contributed by atoms with Crippen LogP contribution in [-0.2, 0) is 14.2 Å². The Morgan fingerprint density at radius 3 is 2.91 bits per heavy atom. The first-order chi connectivity index (χ1) is 10.5. The Labute approximate surface area is 124 Å². The summed E-state index contributed by atoms with van der Waals surface area (Å²) in [4.78, 5) is 22.5. The average molecular weight is 308 g/mol. The van der Waals surface area contributed by atoms with Crippen LogP contribution in [0.3, 0.4) is 0 Å². The first-order valence-corrected chi connectivity index (χ1v) is 7.02. The van der Waals surface area contributed by atoms with Crippen LogP contribution in [0.2, 0.25) is 0 Å². The molecule has 4 atom stereocenters. The number of aromatic nitrogens is 4. The normalized spacial score (nSPS) is 33.4. The van der Waals surface area contributed by atoms with Crippen LogP contribution in [0, 0.1) is 0 Å². The van der Waals surface area contributed by atoms with Crippen LogP contribution in [0.1, 0.15) is 20.1 Å². The molecule has 2 aliphatic rings. The minimum absolute atomic E-state index is 0.183. The zero-order chi connectivity index (χ0) is 15.5. The molecule has 0 radical (unpaired) electrons. The number of aliphatic hydroxyl groups is 1. The van der Waals surface area contributed by atoms with E-state index in [-0.39, 0.29) is 23.8 Å². The first-order valence-electron chi connectivity index (χ1n) is 7.02. The van der Waals surface area contributed by atoms with E-state index in [2.05, 4.69) is 15.0 Å². The maximum atomic E-state index is 11.8. The van der Waals surface area contributed by atoms with E-state index < -0.39 is 24.2 Å². The molecule has 0 spiro atoms. The summed E-state index contributed by atoms with van der Waals surface area (Å²) in [5.41, 5.74) is 0.314. The molecule has 2 fully saturated rings. The molecule has 118 valence electrons. The van der Waals surface area contributed by atoms with Gasteiger partial charge >= 0.3 is 0 Å². The summed E-state index contributed by atoms with van der Waals surface area (Å²) in [6, 6.07) is 0. The SMILES string of the molecule is CC1(C)O[C@@H]2[C@H](O1)[C@@H](CO)O[C@@H]2n1cnc2c(=O)[nH]cnc21. The third kappa shape index (κ3) is 1.90. The average Bonchev–Trinajstić information content (AvgIpc) is 3.10. The van der Waals surface area contributed by atoms with E-state index in [0.29, 0.717) is 5.65 Å². The van der Waals surface area contributed by atoms with E-state index in [9.17, 15) is 9.90 Å². The predicted octanol–water partition coefficient (Wildman–Crippen LogP) is -0.471. The quantitative estimate of drug-likeness (QED) is 0.771. The minimum atomic E-state index is -0.758. The molecule has 2 aliphatic heterocycles. The smallest absolute Gasteiger partial charge is 0.278 e. The maximum Gasteiger partial charge on any atom is 0.278 e. The molecule has 0 bridgehead atoms. The zero-order valence-corrected chi connectivity index (χ0v) is 12.1. The van der Waals surface area contributed by atoms with Crippen LogP contribution in [0.4, 0.5) is 0 Å². The fourth-order valence-corrected chi connectivity index (χ4v) is 3.08. The second-order valence-electron chi connectivity index (χ2n) is 5.87. The Kier molecular flexibility index (Phi) is 2.89. The van der Waals surface area contributed by atoms with Gasteiger partial charge in [0, 0.05) is 0 Å². The molecule has 9 nitrogen and oxygen atoms in total. The second-order valence-corrected chi connectivity index (χ2v) is 5.87. The summed E-state index contributed by atoms with van der Waals surface area (Å²) < 4.78 is 19.2. The van der Waals surface area contributed by atoms with Crippen molar-refractivity contribution < 1.29 is 19.3 Å². The molecule has 22 heavy (non-hydrogen) atoms. The molecule has 2 saturated heterocycles. The largest absolute Gasteiger partial charge is 0.394 e. The molecule has 0 aliphatic carbocycles. The van der Waals surface area contributed by atoms with Crippen LogP contribution in [0.5, 0.6) is 0 Å².